The standard InChI is InChI=1S/C22H23N7O/c1-6-12(2)19(13(3)15(5)30)29-21-16(18-20(23)24-11-25-22(18)29)10-17(14(4)27-21)28-9-7-8-26-28/h6-11,30H,5H2,1-4H3,(H2,23,24,25)/b12-6-,19-13+. The molecule has 0 unspecified atom stereocenters. The maximum absolute atomic E-state index is 10.2. The first-order valence-electron chi connectivity index (χ1n) is 9.50. The molecule has 8 nitrogen and oxygen atoms in total. The Morgan fingerprint density at radius 1 is 1.23 bits per heavy atom. The van der Waals surface area contributed by atoms with Gasteiger partial charge in [0, 0.05) is 23.4 Å². The smallest absolute Gasteiger partial charge is 0.152 e. The Bertz CT molecular complexity index is 1360. The number of nitrogens with two attached hydrogens (primary N) is 1. The van der Waals surface area contributed by atoms with Crippen molar-refractivity contribution in [3.63, 3.8) is 0 Å². The van der Waals surface area contributed by atoms with E-state index in [-0.39, 0.29) is 5.76 Å². The minimum absolute atomic E-state index is 0.0203. The first-order chi connectivity index (χ1) is 14.3. The minimum Gasteiger partial charge on any atom is -0.508 e. The highest BCUT2D eigenvalue weighted by Crippen LogP contribution is 2.37. The Morgan fingerprint density at radius 3 is 2.63 bits per heavy atom. The van der Waals surface area contributed by atoms with E-state index in [1.165, 1.54) is 6.33 Å². The van der Waals surface area contributed by atoms with E-state index in [0.29, 0.717) is 28.1 Å². The summed E-state index contributed by atoms with van der Waals surface area (Å²) >= 11 is 0. The monoisotopic (exact) mass is 401 g/mol. The molecule has 8 heteroatoms. The Hall–Kier alpha value is -3.94. The molecule has 0 aliphatic heterocycles. The molecule has 152 valence electrons. The van der Waals surface area contributed by atoms with E-state index in [0.717, 1.165) is 28.0 Å². The fourth-order valence-corrected chi connectivity index (χ4v) is 3.62. The van der Waals surface area contributed by atoms with Gasteiger partial charge in [-0.25, -0.2) is 19.6 Å². The predicted octanol–water partition coefficient (Wildman–Crippen LogP) is 4.32. The SMILES string of the molecule is C=C(O)/C(C)=C(\C(C)=C/C)n1c2nc(C)c(-n3cccn3)cc2c2c(N)ncnc21. The zero-order chi connectivity index (χ0) is 21.6. The van der Waals surface area contributed by atoms with Crippen molar-refractivity contribution in [1.29, 1.82) is 0 Å². The summed E-state index contributed by atoms with van der Waals surface area (Å²) in [5.41, 5.74) is 11.5. The molecular formula is C22H23N7O. The number of rotatable bonds is 4. The number of allylic oxidation sites excluding steroid dienone is 4. The molecule has 30 heavy (non-hydrogen) atoms. The van der Waals surface area contributed by atoms with Crippen LogP contribution in [0.15, 0.2) is 60.4 Å². The third-order valence-electron chi connectivity index (χ3n) is 5.29. The fraction of sp³-hybridized carbons (Fsp3) is 0.182. The summed E-state index contributed by atoms with van der Waals surface area (Å²) in [6.45, 7) is 11.4. The number of pyridine rings is 1. The van der Waals surface area contributed by atoms with Crippen molar-refractivity contribution in [3.8, 4) is 5.69 Å². The fourth-order valence-electron chi connectivity index (χ4n) is 3.62. The van der Waals surface area contributed by atoms with Crippen LogP contribution in [0.5, 0.6) is 0 Å². The van der Waals surface area contributed by atoms with Gasteiger partial charge in [0.25, 0.3) is 0 Å². The Kier molecular flexibility index (Phi) is 4.62. The maximum Gasteiger partial charge on any atom is 0.152 e. The van der Waals surface area contributed by atoms with Crippen LogP contribution in [0, 0.1) is 6.92 Å². The molecule has 4 rings (SSSR count). The highest BCUT2D eigenvalue weighted by molar-refractivity contribution is 6.13. The summed E-state index contributed by atoms with van der Waals surface area (Å²) in [6, 6.07) is 3.85. The van der Waals surface area contributed by atoms with Gasteiger partial charge in [-0.3, -0.25) is 4.57 Å². The van der Waals surface area contributed by atoms with E-state index >= 15 is 0 Å². The van der Waals surface area contributed by atoms with Crippen molar-refractivity contribution >= 4 is 33.6 Å². The lowest BCUT2D eigenvalue weighted by atomic mass is 10.1. The van der Waals surface area contributed by atoms with E-state index in [1.807, 2.05) is 56.7 Å². The van der Waals surface area contributed by atoms with Gasteiger partial charge in [-0.2, -0.15) is 5.10 Å². The number of aliphatic hydroxyl groups excluding tert-OH is 1. The van der Waals surface area contributed by atoms with Crippen LogP contribution >= 0.6 is 0 Å². The number of nitrogens with zero attached hydrogens (tertiary/aromatic N) is 6. The lowest BCUT2D eigenvalue weighted by Crippen LogP contribution is -2.06. The Morgan fingerprint density at radius 2 is 2.00 bits per heavy atom. The number of aryl methyl sites for hydroxylation is 1. The Labute approximate surface area is 173 Å². The van der Waals surface area contributed by atoms with Crippen molar-refractivity contribution in [3.05, 3.63) is 66.1 Å². The maximum atomic E-state index is 10.2. The van der Waals surface area contributed by atoms with Gasteiger partial charge in [0.2, 0.25) is 0 Å². The number of hydrogen-bond acceptors (Lipinski definition) is 6. The summed E-state index contributed by atoms with van der Waals surface area (Å²) in [5.74, 6) is 0.340. The molecule has 0 amide bonds. The molecule has 0 saturated heterocycles. The highest BCUT2D eigenvalue weighted by Gasteiger charge is 2.23. The first kappa shape index (κ1) is 19.4. The van der Waals surface area contributed by atoms with Gasteiger partial charge < -0.3 is 10.8 Å². The summed E-state index contributed by atoms with van der Waals surface area (Å²) in [6.07, 6.45) is 6.98. The summed E-state index contributed by atoms with van der Waals surface area (Å²) in [5, 5.41) is 16.0. The topological polar surface area (TPSA) is 108 Å². The average molecular weight is 401 g/mol. The van der Waals surface area contributed by atoms with Gasteiger partial charge in [0.1, 0.15) is 23.6 Å². The van der Waals surface area contributed by atoms with Crippen LogP contribution in [0.2, 0.25) is 0 Å². The van der Waals surface area contributed by atoms with Crippen molar-refractivity contribution in [1.82, 2.24) is 29.3 Å². The van der Waals surface area contributed by atoms with Crippen LogP contribution in [0.1, 0.15) is 26.5 Å². The van der Waals surface area contributed by atoms with Crippen LogP contribution in [-0.2, 0) is 0 Å². The predicted molar refractivity (Wildman–Crippen MR) is 119 cm³/mol. The van der Waals surface area contributed by atoms with Crippen molar-refractivity contribution in [2.24, 2.45) is 0 Å². The molecule has 0 aliphatic carbocycles. The van der Waals surface area contributed by atoms with Crippen LogP contribution in [0.3, 0.4) is 0 Å². The van der Waals surface area contributed by atoms with Crippen molar-refractivity contribution < 1.29 is 5.11 Å². The third kappa shape index (κ3) is 2.85. The number of aliphatic hydroxyl groups is 1. The second kappa shape index (κ2) is 7.14. The van der Waals surface area contributed by atoms with E-state index < -0.39 is 0 Å². The van der Waals surface area contributed by atoms with Crippen LogP contribution in [-0.4, -0.2) is 34.4 Å². The number of anilines is 1. The number of hydrogen-bond donors (Lipinski definition) is 2. The van der Waals surface area contributed by atoms with Crippen LogP contribution in [0.4, 0.5) is 5.82 Å². The van der Waals surface area contributed by atoms with E-state index in [4.69, 9.17) is 10.7 Å². The zero-order valence-corrected chi connectivity index (χ0v) is 17.4. The van der Waals surface area contributed by atoms with E-state index in [2.05, 4.69) is 21.6 Å². The first-order valence-corrected chi connectivity index (χ1v) is 9.50. The van der Waals surface area contributed by atoms with Gasteiger partial charge in [0.15, 0.2) is 5.65 Å². The minimum atomic E-state index is -0.0203. The highest BCUT2D eigenvalue weighted by atomic mass is 16.3. The van der Waals surface area contributed by atoms with Crippen LogP contribution < -0.4 is 5.73 Å². The molecule has 0 spiro atoms. The summed E-state index contributed by atoms with van der Waals surface area (Å²) in [4.78, 5) is 13.6. The number of aromatic nitrogens is 6. The molecule has 0 saturated carbocycles. The van der Waals surface area contributed by atoms with Crippen molar-refractivity contribution in [2.45, 2.75) is 27.7 Å². The number of fused-ring (bicyclic) bond motifs is 3. The summed E-state index contributed by atoms with van der Waals surface area (Å²) in [7, 11) is 0. The molecule has 4 heterocycles. The molecule has 0 atom stereocenters. The second-order valence-corrected chi connectivity index (χ2v) is 7.10. The second-order valence-electron chi connectivity index (χ2n) is 7.10. The Balaban J connectivity index is 2.22. The molecule has 0 aliphatic rings. The number of nitrogen functional groups attached to an aromatic ring is 1. The van der Waals surface area contributed by atoms with Gasteiger partial charge in [-0.1, -0.05) is 12.7 Å². The molecule has 3 N–H and O–H groups in total. The van der Waals surface area contributed by atoms with Gasteiger partial charge in [-0.15, -0.1) is 0 Å². The zero-order valence-electron chi connectivity index (χ0n) is 17.4. The molecular weight excluding hydrogens is 378 g/mol. The molecule has 0 radical (unpaired) electrons. The lowest BCUT2D eigenvalue weighted by molar-refractivity contribution is 0.426. The summed E-state index contributed by atoms with van der Waals surface area (Å²) < 4.78 is 3.67. The normalized spacial score (nSPS) is 13.1. The molecule has 4 aromatic rings. The quantitative estimate of drug-likeness (QED) is 0.389. The van der Waals surface area contributed by atoms with E-state index in [1.54, 1.807) is 10.9 Å². The molecule has 0 aromatic carbocycles. The van der Waals surface area contributed by atoms with E-state index in [9.17, 15) is 5.11 Å². The molecule has 0 fully saturated rings. The van der Waals surface area contributed by atoms with Crippen LogP contribution in [0.25, 0.3) is 33.5 Å². The molecule has 0 bridgehead atoms. The van der Waals surface area contributed by atoms with Gasteiger partial charge in [0.05, 0.1) is 22.5 Å². The lowest BCUT2D eigenvalue weighted by Gasteiger charge is -2.16. The average Bonchev–Trinajstić information content (AvgIpc) is 3.35. The largest absolute Gasteiger partial charge is 0.508 e. The van der Waals surface area contributed by atoms with Gasteiger partial charge in [-0.05, 0) is 45.4 Å². The van der Waals surface area contributed by atoms with Crippen molar-refractivity contribution in [2.75, 3.05) is 5.73 Å². The third-order valence-corrected chi connectivity index (χ3v) is 5.29. The molecule has 4 aromatic heterocycles. The van der Waals surface area contributed by atoms with Gasteiger partial charge >= 0.3 is 0 Å².